The van der Waals surface area contributed by atoms with E-state index in [9.17, 15) is 18.0 Å². The molecule has 0 aliphatic heterocycles. The standard InChI is InChI=1S/C22H17F3O3S/c23-22(24,25)17-8-6-15(7-9-17)3-2-11-28-18-5-1-4-16(13-18)19-10-12-29-20(19)14-21(26)27/h1-10,12-13H,11,14H2,(H,26,27). The molecule has 0 atom stereocenters. The molecular weight excluding hydrogens is 401 g/mol. The van der Waals surface area contributed by atoms with E-state index in [0.717, 1.165) is 28.1 Å². The number of carboxylic acid groups (broad SMARTS) is 1. The lowest BCUT2D eigenvalue weighted by Gasteiger charge is -2.07. The Labute approximate surface area is 169 Å². The first-order valence-corrected chi connectivity index (χ1v) is 9.56. The number of aliphatic carboxylic acids is 1. The second-order valence-corrected chi connectivity index (χ2v) is 7.19. The molecule has 3 aromatic rings. The molecule has 0 aliphatic carbocycles. The number of benzene rings is 2. The summed E-state index contributed by atoms with van der Waals surface area (Å²) >= 11 is 1.40. The third kappa shape index (κ3) is 5.71. The summed E-state index contributed by atoms with van der Waals surface area (Å²) in [5.41, 5.74) is 1.69. The molecular formula is C22H17F3O3S. The Balaban J connectivity index is 1.62. The Morgan fingerprint density at radius 3 is 2.55 bits per heavy atom. The highest BCUT2D eigenvalue weighted by Gasteiger charge is 2.29. The van der Waals surface area contributed by atoms with Crippen LogP contribution in [0, 0.1) is 0 Å². The smallest absolute Gasteiger partial charge is 0.416 e. The quantitative estimate of drug-likeness (QED) is 0.500. The molecule has 2 aromatic carbocycles. The zero-order chi connectivity index (χ0) is 20.9. The summed E-state index contributed by atoms with van der Waals surface area (Å²) in [5.74, 6) is -0.262. The molecule has 1 N–H and O–H groups in total. The average Bonchev–Trinajstić information content (AvgIpc) is 3.12. The molecule has 0 amide bonds. The molecule has 0 saturated heterocycles. The molecule has 0 bridgehead atoms. The Kier molecular flexibility index (Phi) is 6.39. The van der Waals surface area contributed by atoms with Crippen LogP contribution in [0.15, 0.2) is 66.1 Å². The zero-order valence-electron chi connectivity index (χ0n) is 15.1. The van der Waals surface area contributed by atoms with E-state index in [4.69, 9.17) is 9.84 Å². The molecule has 0 spiro atoms. The van der Waals surface area contributed by atoms with Crippen molar-refractivity contribution < 1.29 is 27.8 Å². The second kappa shape index (κ2) is 8.96. The van der Waals surface area contributed by atoms with E-state index >= 15 is 0 Å². The van der Waals surface area contributed by atoms with Crippen molar-refractivity contribution in [3.8, 4) is 16.9 Å². The number of hydrogen-bond acceptors (Lipinski definition) is 3. The summed E-state index contributed by atoms with van der Waals surface area (Å²) in [6.07, 6.45) is -0.972. The van der Waals surface area contributed by atoms with Gasteiger partial charge < -0.3 is 9.84 Å². The summed E-state index contributed by atoms with van der Waals surface area (Å²) in [6.45, 7) is 0.246. The fourth-order valence-corrected chi connectivity index (χ4v) is 3.63. The molecule has 7 heteroatoms. The summed E-state index contributed by atoms with van der Waals surface area (Å²) in [4.78, 5) is 11.8. The topological polar surface area (TPSA) is 46.5 Å². The van der Waals surface area contributed by atoms with E-state index in [-0.39, 0.29) is 13.0 Å². The van der Waals surface area contributed by atoms with Crippen molar-refractivity contribution in [2.45, 2.75) is 12.6 Å². The second-order valence-electron chi connectivity index (χ2n) is 6.19. The van der Waals surface area contributed by atoms with Crippen LogP contribution in [-0.4, -0.2) is 17.7 Å². The van der Waals surface area contributed by atoms with E-state index in [0.29, 0.717) is 11.3 Å². The van der Waals surface area contributed by atoms with Gasteiger partial charge in [0.25, 0.3) is 0 Å². The van der Waals surface area contributed by atoms with Crippen LogP contribution in [0.3, 0.4) is 0 Å². The molecule has 0 unspecified atom stereocenters. The maximum atomic E-state index is 12.6. The molecule has 150 valence electrons. The van der Waals surface area contributed by atoms with Gasteiger partial charge in [-0.15, -0.1) is 11.3 Å². The Bertz CT molecular complexity index is 1000. The molecule has 0 fully saturated rings. The predicted octanol–water partition coefficient (Wildman–Crippen LogP) is 6.15. The van der Waals surface area contributed by atoms with E-state index in [1.165, 1.54) is 23.5 Å². The lowest BCUT2D eigenvalue weighted by molar-refractivity contribution is -0.138. The lowest BCUT2D eigenvalue weighted by Crippen LogP contribution is -2.03. The predicted molar refractivity (Wildman–Crippen MR) is 107 cm³/mol. The highest BCUT2D eigenvalue weighted by atomic mass is 32.1. The van der Waals surface area contributed by atoms with E-state index < -0.39 is 17.7 Å². The first-order valence-electron chi connectivity index (χ1n) is 8.68. The lowest BCUT2D eigenvalue weighted by atomic mass is 10.1. The van der Waals surface area contributed by atoms with Crippen LogP contribution in [0.1, 0.15) is 16.0 Å². The first-order chi connectivity index (χ1) is 13.8. The Morgan fingerprint density at radius 1 is 1.10 bits per heavy atom. The molecule has 3 nitrogen and oxygen atoms in total. The van der Waals surface area contributed by atoms with Crippen molar-refractivity contribution >= 4 is 23.4 Å². The van der Waals surface area contributed by atoms with Crippen LogP contribution >= 0.6 is 11.3 Å². The fourth-order valence-electron chi connectivity index (χ4n) is 2.74. The van der Waals surface area contributed by atoms with Crippen LogP contribution < -0.4 is 4.74 Å². The van der Waals surface area contributed by atoms with Crippen molar-refractivity contribution in [3.05, 3.63) is 82.1 Å². The number of halogens is 3. The minimum Gasteiger partial charge on any atom is -0.490 e. The minimum absolute atomic E-state index is 0.0338. The Hall–Kier alpha value is -3.06. The van der Waals surface area contributed by atoms with Gasteiger partial charge in [0, 0.05) is 4.88 Å². The number of carbonyl (C=O) groups is 1. The fraction of sp³-hybridized carbons (Fsp3) is 0.136. The van der Waals surface area contributed by atoms with Gasteiger partial charge in [-0.25, -0.2) is 0 Å². The number of hydrogen-bond donors (Lipinski definition) is 1. The van der Waals surface area contributed by atoms with Gasteiger partial charge in [0.1, 0.15) is 12.4 Å². The third-order valence-corrected chi connectivity index (χ3v) is 5.02. The molecule has 29 heavy (non-hydrogen) atoms. The van der Waals surface area contributed by atoms with Crippen LogP contribution in [0.25, 0.3) is 17.2 Å². The maximum absolute atomic E-state index is 12.6. The average molecular weight is 418 g/mol. The summed E-state index contributed by atoms with van der Waals surface area (Å²) < 4.78 is 43.4. The van der Waals surface area contributed by atoms with Crippen LogP contribution in [0.5, 0.6) is 5.75 Å². The number of ether oxygens (including phenoxy) is 1. The van der Waals surface area contributed by atoms with E-state index in [2.05, 4.69) is 0 Å². The number of thiophene rings is 1. The molecule has 1 aromatic heterocycles. The van der Waals surface area contributed by atoms with Crippen LogP contribution in [-0.2, 0) is 17.4 Å². The monoisotopic (exact) mass is 418 g/mol. The molecule has 1 heterocycles. The maximum Gasteiger partial charge on any atom is 0.416 e. The van der Waals surface area contributed by atoms with Crippen molar-refractivity contribution in [2.75, 3.05) is 6.61 Å². The van der Waals surface area contributed by atoms with Gasteiger partial charge in [0.15, 0.2) is 0 Å². The first kappa shape index (κ1) is 20.7. The van der Waals surface area contributed by atoms with Crippen molar-refractivity contribution in [2.24, 2.45) is 0 Å². The van der Waals surface area contributed by atoms with Gasteiger partial charge in [-0.1, -0.05) is 30.3 Å². The molecule has 0 radical (unpaired) electrons. The largest absolute Gasteiger partial charge is 0.490 e. The van der Waals surface area contributed by atoms with Gasteiger partial charge in [0.05, 0.1) is 12.0 Å². The van der Waals surface area contributed by atoms with Crippen molar-refractivity contribution in [3.63, 3.8) is 0 Å². The normalized spacial score (nSPS) is 11.7. The molecule has 0 saturated carbocycles. The summed E-state index contributed by atoms with van der Waals surface area (Å²) in [6, 6.07) is 14.1. The van der Waals surface area contributed by atoms with E-state index in [1.54, 1.807) is 18.2 Å². The van der Waals surface area contributed by atoms with Crippen LogP contribution in [0.2, 0.25) is 0 Å². The van der Waals surface area contributed by atoms with Gasteiger partial charge in [-0.3, -0.25) is 4.79 Å². The minimum atomic E-state index is -4.34. The van der Waals surface area contributed by atoms with Gasteiger partial charge in [-0.2, -0.15) is 13.2 Å². The SMILES string of the molecule is O=C(O)Cc1sccc1-c1cccc(OCC=Cc2ccc(C(F)(F)F)cc2)c1. The third-order valence-electron chi connectivity index (χ3n) is 4.10. The van der Waals surface area contributed by atoms with Crippen LogP contribution in [0.4, 0.5) is 13.2 Å². The number of carboxylic acids is 1. The van der Waals surface area contributed by atoms with Crippen molar-refractivity contribution in [1.29, 1.82) is 0 Å². The zero-order valence-corrected chi connectivity index (χ0v) is 16.0. The summed E-state index contributed by atoms with van der Waals surface area (Å²) in [7, 11) is 0. The van der Waals surface area contributed by atoms with Crippen molar-refractivity contribution in [1.82, 2.24) is 0 Å². The Morgan fingerprint density at radius 2 is 1.86 bits per heavy atom. The molecule has 3 rings (SSSR count). The number of alkyl halides is 3. The molecule has 0 aliphatic rings. The van der Waals surface area contributed by atoms with Gasteiger partial charge in [-0.05, 0) is 58.5 Å². The number of rotatable bonds is 7. The highest BCUT2D eigenvalue weighted by Crippen LogP contribution is 2.31. The summed E-state index contributed by atoms with van der Waals surface area (Å²) in [5, 5.41) is 10.9. The highest BCUT2D eigenvalue weighted by molar-refractivity contribution is 7.10. The van der Waals surface area contributed by atoms with Gasteiger partial charge >= 0.3 is 12.1 Å². The van der Waals surface area contributed by atoms with Gasteiger partial charge in [0.2, 0.25) is 0 Å². The van der Waals surface area contributed by atoms with E-state index in [1.807, 2.05) is 29.6 Å².